The van der Waals surface area contributed by atoms with Gasteiger partial charge in [0.15, 0.2) is 11.6 Å². The van der Waals surface area contributed by atoms with Gasteiger partial charge in [0, 0.05) is 23.5 Å². The number of hydrogen-bond donors (Lipinski definition) is 0. The quantitative estimate of drug-likeness (QED) is 0.420. The van der Waals surface area contributed by atoms with E-state index in [1.807, 2.05) is 31.5 Å². The predicted octanol–water partition coefficient (Wildman–Crippen LogP) is 6.12. The van der Waals surface area contributed by atoms with Gasteiger partial charge in [0.1, 0.15) is 12.4 Å². The van der Waals surface area contributed by atoms with Gasteiger partial charge in [0.25, 0.3) is 0 Å². The normalized spacial score (nSPS) is 12.6. The van der Waals surface area contributed by atoms with Crippen molar-refractivity contribution < 1.29 is 4.74 Å². The predicted molar refractivity (Wildman–Crippen MR) is 116 cm³/mol. The van der Waals surface area contributed by atoms with Gasteiger partial charge in [-0.15, -0.1) is 0 Å². The van der Waals surface area contributed by atoms with Gasteiger partial charge in [-0.05, 0) is 48.7 Å². The van der Waals surface area contributed by atoms with Crippen molar-refractivity contribution in [3.05, 3.63) is 95.8 Å². The fraction of sp³-hybridized carbons (Fsp3) is 0.120. The lowest BCUT2D eigenvalue weighted by molar-refractivity contribution is 0.309. The van der Waals surface area contributed by atoms with Crippen LogP contribution in [0.3, 0.4) is 0 Å². The van der Waals surface area contributed by atoms with Crippen LogP contribution in [-0.2, 0) is 6.61 Å². The van der Waals surface area contributed by atoms with E-state index in [4.69, 9.17) is 14.7 Å². The molecule has 0 fully saturated rings. The van der Waals surface area contributed by atoms with Crippen LogP contribution >= 0.6 is 0 Å². The summed E-state index contributed by atoms with van der Waals surface area (Å²) >= 11 is 0. The molecule has 4 heteroatoms. The highest BCUT2D eigenvalue weighted by Gasteiger charge is 2.27. The Hall–Kier alpha value is -3.66. The molecule has 4 aromatic rings. The van der Waals surface area contributed by atoms with Crippen LogP contribution in [0.2, 0.25) is 0 Å². The average molecular weight is 379 g/mol. The zero-order valence-electron chi connectivity index (χ0n) is 16.5. The van der Waals surface area contributed by atoms with Crippen LogP contribution in [0.4, 0.5) is 17.3 Å². The van der Waals surface area contributed by atoms with Gasteiger partial charge in [0.05, 0.1) is 5.69 Å². The number of aromatic nitrogens is 2. The summed E-state index contributed by atoms with van der Waals surface area (Å²) < 4.78 is 6.16. The number of nitrogens with zero attached hydrogens (tertiary/aromatic N) is 3. The van der Waals surface area contributed by atoms with E-state index in [0.717, 1.165) is 50.9 Å². The van der Waals surface area contributed by atoms with Gasteiger partial charge in [-0.3, -0.25) is 4.90 Å². The molecule has 0 atom stereocenters. The maximum atomic E-state index is 6.16. The minimum atomic E-state index is 0.464. The molecule has 2 aromatic heterocycles. The Balaban J connectivity index is 1.80. The van der Waals surface area contributed by atoms with Gasteiger partial charge in [-0.25, -0.2) is 9.97 Å². The third-order valence-corrected chi connectivity index (χ3v) is 5.09. The van der Waals surface area contributed by atoms with Gasteiger partial charge in [-0.1, -0.05) is 48.5 Å². The van der Waals surface area contributed by atoms with Crippen LogP contribution < -0.4 is 9.64 Å². The molecule has 0 radical (unpaired) electrons. The molecule has 0 unspecified atom stereocenters. The minimum Gasteiger partial charge on any atom is -0.485 e. The van der Waals surface area contributed by atoms with Crippen molar-refractivity contribution in [2.24, 2.45) is 0 Å². The SMILES string of the molecule is Cc1cnc2c(c1)COc1cc(C)cnc1N2c1ccccc1-c1ccccc1. The van der Waals surface area contributed by atoms with Gasteiger partial charge in [0.2, 0.25) is 0 Å². The van der Waals surface area contributed by atoms with E-state index in [1.54, 1.807) is 0 Å². The van der Waals surface area contributed by atoms with Crippen LogP contribution in [0.5, 0.6) is 5.75 Å². The summed E-state index contributed by atoms with van der Waals surface area (Å²) in [5, 5.41) is 0. The molecule has 4 nitrogen and oxygen atoms in total. The minimum absolute atomic E-state index is 0.464. The molecular formula is C25H21N3O. The number of pyridine rings is 2. The molecule has 29 heavy (non-hydrogen) atoms. The van der Waals surface area contributed by atoms with Crippen molar-refractivity contribution in [3.8, 4) is 16.9 Å². The number of fused-ring (bicyclic) bond motifs is 2. The van der Waals surface area contributed by atoms with Crippen molar-refractivity contribution in [2.75, 3.05) is 4.90 Å². The third-order valence-electron chi connectivity index (χ3n) is 5.09. The highest BCUT2D eigenvalue weighted by molar-refractivity contribution is 5.88. The monoisotopic (exact) mass is 379 g/mol. The molecule has 0 spiro atoms. The summed E-state index contributed by atoms with van der Waals surface area (Å²) in [6, 6.07) is 22.9. The topological polar surface area (TPSA) is 38.3 Å². The Morgan fingerprint density at radius 3 is 2.31 bits per heavy atom. The molecule has 0 aliphatic carbocycles. The van der Waals surface area contributed by atoms with E-state index in [-0.39, 0.29) is 0 Å². The number of aryl methyl sites for hydroxylation is 2. The van der Waals surface area contributed by atoms with Crippen molar-refractivity contribution >= 4 is 17.3 Å². The van der Waals surface area contributed by atoms with E-state index < -0.39 is 0 Å². The van der Waals surface area contributed by atoms with Crippen LogP contribution in [0.1, 0.15) is 16.7 Å². The number of benzene rings is 2. The molecule has 0 saturated carbocycles. The molecule has 0 bridgehead atoms. The second kappa shape index (κ2) is 7.06. The van der Waals surface area contributed by atoms with E-state index in [9.17, 15) is 0 Å². The van der Waals surface area contributed by atoms with Crippen LogP contribution in [0, 0.1) is 13.8 Å². The Morgan fingerprint density at radius 1 is 0.793 bits per heavy atom. The highest BCUT2D eigenvalue weighted by atomic mass is 16.5. The fourth-order valence-electron chi connectivity index (χ4n) is 3.75. The molecule has 1 aliphatic rings. The number of ether oxygens (including phenoxy) is 1. The summed E-state index contributed by atoms with van der Waals surface area (Å²) in [7, 11) is 0. The number of para-hydroxylation sites is 1. The summed E-state index contributed by atoms with van der Waals surface area (Å²) in [5.41, 5.74) is 6.52. The van der Waals surface area contributed by atoms with E-state index in [1.165, 1.54) is 0 Å². The molecule has 142 valence electrons. The van der Waals surface area contributed by atoms with Crippen LogP contribution in [0.25, 0.3) is 11.1 Å². The van der Waals surface area contributed by atoms with Gasteiger partial charge >= 0.3 is 0 Å². The summed E-state index contributed by atoms with van der Waals surface area (Å²) in [6.07, 6.45) is 3.77. The lowest BCUT2D eigenvalue weighted by atomic mass is 10.0. The summed E-state index contributed by atoms with van der Waals surface area (Å²) in [4.78, 5) is 11.7. The van der Waals surface area contributed by atoms with Crippen molar-refractivity contribution in [1.29, 1.82) is 0 Å². The smallest absolute Gasteiger partial charge is 0.181 e. The lowest BCUT2D eigenvalue weighted by Crippen LogP contribution is -2.15. The fourth-order valence-corrected chi connectivity index (χ4v) is 3.75. The molecule has 1 aliphatic heterocycles. The van der Waals surface area contributed by atoms with E-state index in [0.29, 0.717) is 6.61 Å². The highest BCUT2D eigenvalue weighted by Crippen LogP contribution is 2.45. The summed E-state index contributed by atoms with van der Waals surface area (Å²) in [6.45, 7) is 4.54. The van der Waals surface area contributed by atoms with E-state index >= 15 is 0 Å². The molecule has 2 aromatic carbocycles. The first kappa shape index (κ1) is 17.4. The van der Waals surface area contributed by atoms with Crippen molar-refractivity contribution in [2.45, 2.75) is 20.5 Å². The van der Waals surface area contributed by atoms with Crippen LogP contribution in [-0.4, -0.2) is 9.97 Å². The third kappa shape index (κ3) is 3.13. The first-order chi connectivity index (χ1) is 14.2. The first-order valence-corrected chi connectivity index (χ1v) is 9.70. The molecule has 3 heterocycles. The molecular weight excluding hydrogens is 358 g/mol. The lowest BCUT2D eigenvalue weighted by Gasteiger charge is -2.26. The molecule has 0 saturated heterocycles. The maximum absolute atomic E-state index is 6.16. The second-order valence-corrected chi connectivity index (χ2v) is 7.34. The zero-order valence-corrected chi connectivity index (χ0v) is 16.5. The largest absolute Gasteiger partial charge is 0.485 e. The molecule has 0 N–H and O–H groups in total. The zero-order chi connectivity index (χ0) is 19.8. The van der Waals surface area contributed by atoms with E-state index in [2.05, 4.69) is 66.4 Å². The number of hydrogen-bond acceptors (Lipinski definition) is 4. The Morgan fingerprint density at radius 2 is 1.48 bits per heavy atom. The Labute approximate surface area is 170 Å². The second-order valence-electron chi connectivity index (χ2n) is 7.34. The van der Waals surface area contributed by atoms with Gasteiger partial charge in [-0.2, -0.15) is 0 Å². The van der Waals surface area contributed by atoms with Crippen molar-refractivity contribution in [1.82, 2.24) is 9.97 Å². The average Bonchev–Trinajstić information content (AvgIpc) is 2.90. The molecule has 0 amide bonds. The Bertz CT molecular complexity index is 1130. The number of anilines is 3. The van der Waals surface area contributed by atoms with Crippen LogP contribution in [0.15, 0.2) is 79.1 Å². The maximum Gasteiger partial charge on any atom is 0.181 e. The number of rotatable bonds is 2. The van der Waals surface area contributed by atoms with Crippen molar-refractivity contribution in [3.63, 3.8) is 0 Å². The summed E-state index contributed by atoms with van der Waals surface area (Å²) in [5.74, 6) is 2.38. The first-order valence-electron chi connectivity index (χ1n) is 9.70. The standard InChI is InChI=1S/C25H21N3O/c1-17-12-20-16-29-23-13-18(2)15-27-25(23)28(24(20)26-14-17)22-11-7-6-10-21(22)19-8-4-3-5-9-19/h3-15H,16H2,1-2H3. The van der Waals surface area contributed by atoms with Gasteiger partial charge < -0.3 is 4.74 Å². The Kier molecular flexibility index (Phi) is 4.24. The molecule has 5 rings (SSSR count).